The molecule has 24 heavy (non-hydrogen) atoms. The van der Waals surface area contributed by atoms with Gasteiger partial charge in [0.1, 0.15) is 12.2 Å². The number of rotatable bonds is 6. The highest BCUT2D eigenvalue weighted by Crippen LogP contribution is 2.15. The number of carbonyl (C=O) groups is 2. The first kappa shape index (κ1) is 17.5. The number of benzene rings is 2. The molecule has 2 rings (SSSR count). The number of esters is 1. The van der Waals surface area contributed by atoms with Crippen molar-refractivity contribution in [3.63, 3.8) is 0 Å². The van der Waals surface area contributed by atoms with Crippen LogP contribution in [0.2, 0.25) is 0 Å². The van der Waals surface area contributed by atoms with Gasteiger partial charge in [-0.1, -0.05) is 43.3 Å². The molecule has 0 bridgehead atoms. The molecule has 0 aliphatic heterocycles. The Morgan fingerprint density at radius 1 is 1.04 bits per heavy atom. The van der Waals surface area contributed by atoms with Gasteiger partial charge in [-0.3, -0.25) is 4.79 Å². The molecule has 0 heterocycles. The molecular formula is C19H16F2O3. The Bertz CT molecular complexity index is 767. The van der Waals surface area contributed by atoms with E-state index in [2.05, 4.69) is 0 Å². The van der Waals surface area contributed by atoms with Gasteiger partial charge in [0, 0.05) is 6.42 Å². The molecule has 0 radical (unpaired) electrons. The zero-order valence-corrected chi connectivity index (χ0v) is 13.1. The number of hydrogen-bond donors (Lipinski definition) is 0. The van der Waals surface area contributed by atoms with Crippen molar-refractivity contribution in [3.8, 4) is 0 Å². The molecule has 0 spiro atoms. The van der Waals surface area contributed by atoms with Gasteiger partial charge in [-0.15, -0.1) is 0 Å². The lowest BCUT2D eigenvalue weighted by Gasteiger charge is -2.07. The maximum absolute atomic E-state index is 13.3. The molecule has 2 aromatic rings. The van der Waals surface area contributed by atoms with Gasteiger partial charge in [0.05, 0.1) is 0 Å². The molecule has 0 aliphatic rings. The van der Waals surface area contributed by atoms with Crippen molar-refractivity contribution in [1.29, 1.82) is 0 Å². The maximum Gasteiger partial charge on any atom is 0.342 e. The summed E-state index contributed by atoms with van der Waals surface area (Å²) >= 11 is 0. The standard InChI is InChI=1S/C19H16F2O3/c1-2-18(22)15(10-14-8-9-16(20)17(21)11-14)19(23)24-12-13-6-4-3-5-7-13/h3-11H,2,12H2,1H3. The van der Waals surface area contributed by atoms with E-state index in [1.807, 2.05) is 6.07 Å². The number of ketones is 1. The number of ether oxygens (including phenoxy) is 1. The zero-order valence-electron chi connectivity index (χ0n) is 13.1. The molecule has 0 amide bonds. The first-order chi connectivity index (χ1) is 11.5. The van der Waals surface area contributed by atoms with Crippen LogP contribution in [0.25, 0.3) is 6.08 Å². The second-order valence-electron chi connectivity index (χ2n) is 5.07. The summed E-state index contributed by atoms with van der Waals surface area (Å²) in [6.45, 7) is 1.62. The van der Waals surface area contributed by atoms with E-state index in [1.54, 1.807) is 31.2 Å². The molecule has 0 saturated carbocycles. The topological polar surface area (TPSA) is 43.4 Å². The van der Waals surface area contributed by atoms with Gasteiger partial charge in [-0.2, -0.15) is 0 Å². The minimum atomic E-state index is -1.05. The smallest absolute Gasteiger partial charge is 0.342 e. The van der Waals surface area contributed by atoms with Crippen molar-refractivity contribution < 1.29 is 23.1 Å². The van der Waals surface area contributed by atoms with Gasteiger partial charge in [-0.05, 0) is 29.3 Å². The summed E-state index contributed by atoms with van der Waals surface area (Å²) in [4.78, 5) is 24.2. The minimum absolute atomic E-state index is 0.0196. The quantitative estimate of drug-likeness (QED) is 0.347. The molecule has 2 aromatic carbocycles. The lowest BCUT2D eigenvalue weighted by Crippen LogP contribution is -2.15. The molecule has 0 atom stereocenters. The van der Waals surface area contributed by atoms with Crippen molar-refractivity contribution in [1.82, 2.24) is 0 Å². The van der Waals surface area contributed by atoms with Gasteiger partial charge >= 0.3 is 5.97 Å². The van der Waals surface area contributed by atoms with Crippen molar-refractivity contribution in [2.24, 2.45) is 0 Å². The van der Waals surface area contributed by atoms with Crippen LogP contribution < -0.4 is 0 Å². The van der Waals surface area contributed by atoms with E-state index in [0.29, 0.717) is 0 Å². The van der Waals surface area contributed by atoms with Crippen LogP contribution >= 0.6 is 0 Å². The highest BCUT2D eigenvalue weighted by atomic mass is 19.2. The van der Waals surface area contributed by atoms with E-state index in [-0.39, 0.29) is 24.2 Å². The normalized spacial score (nSPS) is 11.2. The number of hydrogen-bond acceptors (Lipinski definition) is 3. The Balaban J connectivity index is 2.20. The fraction of sp³-hybridized carbons (Fsp3) is 0.158. The molecule has 0 saturated heterocycles. The molecule has 0 N–H and O–H groups in total. The van der Waals surface area contributed by atoms with Gasteiger partial charge < -0.3 is 4.74 Å². The average molecular weight is 330 g/mol. The van der Waals surface area contributed by atoms with Gasteiger partial charge in [0.25, 0.3) is 0 Å². The third-order valence-electron chi connectivity index (χ3n) is 3.31. The van der Waals surface area contributed by atoms with Gasteiger partial charge in [0.2, 0.25) is 0 Å². The van der Waals surface area contributed by atoms with Gasteiger partial charge in [-0.25, -0.2) is 13.6 Å². The molecule has 124 valence electrons. The maximum atomic E-state index is 13.3. The summed E-state index contributed by atoms with van der Waals surface area (Å²) in [5, 5.41) is 0. The summed E-state index contributed by atoms with van der Waals surface area (Å²) in [7, 11) is 0. The third kappa shape index (κ3) is 4.59. The SMILES string of the molecule is CCC(=O)C(=Cc1ccc(F)c(F)c1)C(=O)OCc1ccccc1. The first-order valence-electron chi connectivity index (χ1n) is 7.42. The minimum Gasteiger partial charge on any atom is -0.457 e. The highest BCUT2D eigenvalue weighted by molar-refractivity contribution is 6.20. The predicted molar refractivity (Wildman–Crippen MR) is 85.9 cm³/mol. The second kappa shape index (κ2) is 8.15. The zero-order chi connectivity index (χ0) is 17.5. The molecule has 0 aromatic heterocycles. The summed E-state index contributed by atoms with van der Waals surface area (Å²) < 4.78 is 31.4. The average Bonchev–Trinajstić information content (AvgIpc) is 2.60. The second-order valence-corrected chi connectivity index (χ2v) is 5.07. The number of Topliss-reactive ketones (excluding diaryl/α,β-unsaturated/α-hetero) is 1. The van der Waals surface area contributed by atoms with Gasteiger partial charge in [0.15, 0.2) is 17.4 Å². The fourth-order valence-corrected chi connectivity index (χ4v) is 2.01. The lowest BCUT2D eigenvalue weighted by molar-refractivity contribution is -0.141. The molecule has 0 fully saturated rings. The van der Waals surface area contributed by atoms with E-state index in [9.17, 15) is 18.4 Å². The molecule has 0 aliphatic carbocycles. The van der Waals surface area contributed by atoms with E-state index in [4.69, 9.17) is 4.74 Å². The largest absolute Gasteiger partial charge is 0.457 e. The summed E-state index contributed by atoms with van der Waals surface area (Å²) in [6.07, 6.45) is 1.30. The van der Waals surface area contributed by atoms with E-state index >= 15 is 0 Å². The Morgan fingerprint density at radius 2 is 1.75 bits per heavy atom. The van der Waals surface area contributed by atoms with Crippen LogP contribution in [-0.4, -0.2) is 11.8 Å². The van der Waals surface area contributed by atoms with Crippen LogP contribution in [0.4, 0.5) is 8.78 Å². The van der Waals surface area contributed by atoms with Crippen molar-refractivity contribution in [3.05, 3.63) is 76.9 Å². The fourth-order valence-electron chi connectivity index (χ4n) is 2.01. The number of carbonyl (C=O) groups excluding carboxylic acids is 2. The van der Waals surface area contributed by atoms with Crippen molar-refractivity contribution in [2.75, 3.05) is 0 Å². The van der Waals surface area contributed by atoms with Crippen LogP contribution in [-0.2, 0) is 20.9 Å². The van der Waals surface area contributed by atoms with Crippen molar-refractivity contribution in [2.45, 2.75) is 20.0 Å². The van der Waals surface area contributed by atoms with Crippen LogP contribution in [0.5, 0.6) is 0 Å². The summed E-state index contributed by atoms with van der Waals surface area (Å²) in [5.74, 6) is -3.28. The molecule has 5 heteroatoms. The summed E-state index contributed by atoms with van der Waals surface area (Å²) in [5.41, 5.74) is 0.795. The third-order valence-corrected chi connectivity index (χ3v) is 3.31. The first-order valence-corrected chi connectivity index (χ1v) is 7.42. The number of halogens is 2. The molecular weight excluding hydrogens is 314 g/mol. The lowest BCUT2D eigenvalue weighted by atomic mass is 10.1. The Morgan fingerprint density at radius 3 is 2.38 bits per heavy atom. The van der Waals surface area contributed by atoms with E-state index in [0.717, 1.165) is 17.7 Å². The molecule has 3 nitrogen and oxygen atoms in total. The van der Waals surface area contributed by atoms with Crippen LogP contribution in [0.3, 0.4) is 0 Å². The van der Waals surface area contributed by atoms with Crippen molar-refractivity contribution >= 4 is 17.8 Å². The highest BCUT2D eigenvalue weighted by Gasteiger charge is 2.18. The summed E-state index contributed by atoms with van der Waals surface area (Å²) in [6, 6.07) is 12.2. The Kier molecular flexibility index (Phi) is 5.95. The Hall–Kier alpha value is -2.82. The van der Waals surface area contributed by atoms with Crippen LogP contribution in [0.1, 0.15) is 24.5 Å². The predicted octanol–water partition coefficient (Wildman–Crippen LogP) is 4.07. The van der Waals surface area contributed by atoms with Crippen LogP contribution in [0, 0.1) is 11.6 Å². The monoisotopic (exact) mass is 330 g/mol. The van der Waals surface area contributed by atoms with E-state index in [1.165, 1.54) is 12.1 Å². The van der Waals surface area contributed by atoms with E-state index < -0.39 is 23.4 Å². The molecule has 0 unspecified atom stereocenters. The van der Waals surface area contributed by atoms with Crippen LogP contribution in [0.15, 0.2) is 54.1 Å². The Labute approximate surface area is 138 Å².